The van der Waals surface area contributed by atoms with E-state index in [1.165, 1.54) is 6.33 Å². The molecule has 0 saturated carbocycles. The van der Waals surface area contributed by atoms with Gasteiger partial charge in [0.15, 0.2) is 0 Å². The van der Waals surface area contributed by atoms with Crippen LogP contribution in [0, 0.1) is 6.57 Å². The molecule has 0 amide bonds. The van der Waals surface area contributed by atoms with Gasteiger partial charge in [-0.15, -0.1) is 0 Å². The van der Waals surface area contributed by atoms with Gasteiger partial charge < -0.3 is 4.85 Å². The predicted molar refractivity (Wildman–Crippen MR) is 32.3 cm³/mol. The molecule has 9 heavy (non-hydrogen) atoms. The first-order valence-electron chi connectivity index (χ1n) is 2.50. The lowest BCUT2D eigenvalue weighted by Gasteiger charge is -1.84. The van der Waals surface area contributed by atoms with Crippen molar-refractivity contribution < 1.29 is 0 Å². The van der Waals surface area contributed by atoms with E-state index in [2.05, 4.69) is 14.8 Å². The van der Waals surface area contributed by atoms with E-state index in [4.69, 9.17) is 6.57 Å². The third kappa shape index (κ3) is 1.50. The van der Waals surface area contributed by atoms with Gasteiger partial charge in [0.05, 0.1) is 5.56 Å². The zero-order valence-electron chi connectivity index (χ0n) is 4.78. The summed E-state index contributed by atoms with van der Waals surface area (Å²) in [7, 11) is 0. The van der Waals surface area contributed by atoms with Crippen LogP contribution >= 0.6 is 0 Å². The third-order valence-electron chi connectivity index (χ3n) is 0.876. The van der Waals surface area contributed by atoms with E-state index in [1.54, 1.807) is 12.4 Å². The molecule has 0 saturated heterocycles. The molecule has 0 aliphatic carbocycles. The van der Waals surface area contributed by atoms with E-state index >= 15 is 0 Å². The Labute approximate surface area is 53.2 Å². The molecule has 0 aliphatic heterocycles. The molecule has 3 heteroatoms. The zero-order valence-corrected chi connectivity index (χ0v) is 4.78. The van der Waals surface area contributed by atoms with Gasteiger partial charge in [-0.1, -0.05) is 0 Å². The van der Waals surface area contributed by atoms with Crippen LogP contribution in [0.5, 0.6) is 0 Å². The largest absolute Gasteiger partial charge is 0.312 e. The van der Waals surface area contributed by atoms with Crippen molar-refractivity contribution in [3.63, 3.8) is 0 Å². The second kappa shape index (κ2) is 2.78. The molecule has 1 rings (SSSR count). The van der Waals surface area contributed by atoms with Crippen molar-refractivity contribution in [3.05, 3.63) is 35.7 Å². The number of hydrogen-bond acceptors (Lipinski definition) is 2. The van der Waals surface area contributed by atoms with Crippen molar-refractivity contribution in [3.8, 4) is 0 Å². The van der Waals surface area contributed by atoms with E-state index < -0.39 is 0 Å². The standard InChI is InChI=1S/C6H5N3/c1-7-2-6-3-8-5-9-4-6/h3-5H,2H2. The zero-order chi connectivity index (χ0) is 6.53. The minimum absolute atomic E-state index is 0.376. The first-order valence-corrected chi connectivity index (χ1v) is 2.50. The summed E-state index contributed by atoms with van der Waals surface area (Å²) in [6, 6.07) is 0. The Hall–Kier alpha value is -1.43. The summed E-state index contributed by atoms with van der Waals surface area (Å²) in [5, 5.41) is 0. The van der Waals surface area contributed by atoms with Crippen molar-refractivity contribution >= 4 is 0 Å². The van der Waals surface area contributed by atoms with Gasteiger partial charge in [-0.05, 0) is 0 Å². The number of nitrogens with zero attached hydrogens (tertiary/aromatic N) is 3. The second-order valence-corrected chi connectivity index (χ2v) is 1.56. The summed E-state index contributed by atoms with van der Waals surface area (Å²) in [4.78, 5) is 10.7. The maximum atomic E-state index is 6.51. The highest BCUT2D eigenvalue weighted by Gasteiger charge is 1.90. The smallest absolute Gasteiger partial charge is 0.242 e. The highest BCUT2D eigenvalue weighted by molar-refractivity contribution is 5.03. The Morgan fingerprint density at radius 3 is 2.67 bits per heavy atom. The highest BCUT2D eigenvalue weighted by atomic mass is 14.8. The van der Waals surface area contributed by atoms with Crippen LogP contribution < -0.4 is 0 Å². The molecule has 0 aliphatic rings. The molecule has 0 aromatic carbocycles. The molecule has 0 radical (unpaired) electrons. The normalized spacial score (nSPS) is 8.33. The second-order valence-electron chi connectivity index (χ2n) is 1.56. The van der Waals surface area contributed by atoms with E-state index in [1.807, 2.05) is 0 Å². The first kappa shape index (κ1) is 5.70. The van der Waals surface area contributed by atoms with Gasteiger partial charge in [-0.25, -0.2) is 16.5 Å². The Morgan fingerprint density at radius 1 is 1.44 bits per heavy atom. The molecule has 0 fully saturated rings. The van der Waals surface area contributed by atoms with Crippen LogP contribution in [0.15, 0.2) is 18.7 Å². The molecule has 0 N–H and O–H groups in total. The molecular formula is C6H5N3. The molecule has 1 aromatic rings. The minimum Gasteiger partial charge on any atom is -0.312 e. The number of rotatable bonds is 1. The van der Waals surface area contributed by atoms with Crippen LogP contribution in [-0.2, 0) is 6.54 Å². The van der Waals surface area contributed by atoms with Gasteiger partial charge in [0.25, 0.3) is 0 Å². The average Bonchev–Trinajstić information content (AvgIpc) is 1.91. The third-order valence-corrected chi connectivity index (χ3v) is 0.876. The van der Waals surface area contributed by atoms with Crippen molar-refractivity contribution in [2.45, 2.75) is 6.54 Å². The SMILES string of the molecule is [C-]#[N+]Cc1cncnc1. The number of aromatic nitrogens is 2. The summed E-state index contributed by atoms with van der Waals surface area (Å²) in [5.74, 6) is 0. The fourth-order valence-electron chi connectivity index (χ4n) is 0.503. The van der Waals surface area contributed by atoms with Gasteiger partial charge in [-0.2, -0.15) is 0 Å². The Bertz CT molecular complexity index is 211. The number of hydrogen-bond donors (Lipinski definition) is 0. The highest BCUT2D eigenvalue weighted by Crippen LogP contribution is 1.93. The Kier molecular flexibility index (Phi) is 1.76. The van der Waals surface area contributed by atoms with Gasteiger partial charge in [0.1, 0.15) is 6.33 Å². The summed E-state index contributed by atoms with van der Waals surface area (Å²) >= 11 is 0. The fraction of sp³-hybridized carbons (Fsp3) is 0.167. The summed E-state index contributed by atoms with van der Waals surface area (Å²) in [5.41, 5.74) is 0.868. The van der Waals surface area contributed by atoms with Crippen LogP contribution in [0.2, 0.25) is 0 Å². The van der Waals surface area contributed by atoms with Crippen LogP contribution in [0.3, 0.4) is 0 Å². The topological polar surface area (TPSA) is 30.1 Å². The predicted octanol–water partition coefficient (Wildman–Crippen LogP) is 0.896. The van der Waals surface area contributed by atoms with Crippen LogP contribution in [0.25, 0.3) is 4.85 Å². The van der Waals surface area contributed by atoms with Crippen molar-refractivity contribution in [1.82, 2.24) is 9.97 Å². The molecule has 1 aromatic heterocycles. The maximum absolute atomic E-state index is 6.51. The van der Waals surface area contributed by atoms with Crippen LogP contribution in [-0.4, -0.2) is 9.97 Å². The molecule has 0 atom stereocenters. The van der Waals surface area contributed by atoms with Crippen LogP contribution in [0.1, 0.15) is 5.56 Å². The molecule has 44 valence electrons. The van der Waals surface area contributed by atoms with E-state index in [0.29, 0.717) is 6.54 Å². The Balaban J connectivity index is 2.76. The molecule has 0 bridgehead atoms. The minimum atomic E-state index is 0.376. The summed E-state index contributed by atoms with van der Waals surface area (Å²) < 4.78 is 0. The van der Waals surface area contributed by atoms with E-state index in [-0.39, 0.29) is 0 Å². The lowest BCUT2D eigenvalue weighted by molar-refractivity contribution is 1.09. The molecule has 3 nitrogen and oxygen atoms in total. The van der Waals surface area contributed by atoms with Crippen molar-refractivity contribution in [2.75, 3.05) is 0 Å². The monoisotopic (exact) mass is 119 g/mol. The van der Waals surface area contributed by atoms with Crippen molar-refractivity contribution in [1.29, 1.82) is 0 Å². The summed E-state index contributed by atoms with van der Waals surface area (Å²) in [6.45, 7) is 6.89. The van der Waals surface area contributed by atoms with Gasteiger partial charge in [-0.3, -0.25) is 0 Å². The van der Waals surface area contributed by atoms with Gasteiger partial charge in [0, 0.05) is 12.4 Å². The average molecular weight is 119 g/mol. The maximum Gasteiger partial charge on any atom is 0.242 e. The molecule has 1 heterocycles. The summed E-state index contributed by atoms with van der Waals surface area (Å²) in [6.07, 6.45) is 4.74. The lowest BCUT2D eigenvalue weighted by atomic mass is 10.4. The quantitative estimate of drug-likeness (QED) is 0.514. The van der Waals surface area contributed by atoms with E-state index in [9.17, 15) is 0 Å². The molecule has 0 spiro atoms. The molecule has 0 unspecified atom stereocenters. The van der Waals surface area contributed by atoms with Crippen molar-refractivity contribution in [2.24, 2.45) is 0 Å². The van der Waals surface area contributed by atoms with Gasteiger partial charge in [0.2, 0.25) is 6.54 Å². The van der Waals surface area contributed by atoms with Crippen LogP contribution in [0.4, 0.5) is 0 Å². The van der Waals surface area contributed by atoms with Gasteiger partial charge >= 0.3 is 0 Å². The first-order chi connectivity index (χ1) is 4.43. The molecular weight excluding hydrogens is 114 g/mol. The lowest BCUT2D eigenvalue weighted by Crippen LogP contribution is -1.82. The fourth-order valence-corrected chi connectivity index (χ4v) is 0.503. The van der Waals surface area contributed by atoms with E-state index in [0.717, 1.165) is 5.56 Å². The Morgan fingerprint density at radius 2 is 2.11 bits per heavy atom.